The molecule has 5 rings (SSSR count). The Bertz CT molecular complexity index is 795. The van der Waals surface area contributed by atoms with Crippen molar-refractivity contribution in [1.82, 2.24) is 24.8 Å². The van der Waals surface area contributed by atoms with Crippen molar-refractivity contribution in [3.8, 4) is 0 Å². The van der Waals surface area contributed by atoms with Crippen LogP contribution in [0.2, 0.25) is 0 Å². The molecule has 0 bridgehead atoms. The molecular formula is C18H24N6O2. The van der Waals surface area contributed by atoms with Crippen LogP contribution in [0, 0.1) is 0 Å². The number of nitrogens with zero attached hydrogens (tertiary/aromatic N) is 6. The highest BCUT2D eigenvalue weighted by atomic mass is 16.5. The van der Waals surface area contributed by atoms with Gasteiger partial charge in [-0.2, -0.15) is 10.1 Å². The van der Waals surface area contributed by atoms with Crippen molar-refractivity contribution in [3.05, 3.63) is 24.1 Å². The van der Waals surface area contributed by atoms with Gasteiger partial charge in [-0.15, -0.1) is 0 Å². The predicted octanol–water partition coefficient (Wildman–Crippen LogP) is 2.11. The van der Waals surface area contributed by atoms with Gasteiger partial charge in [0.1, 0.15) is 0 Å². The van der Waals surface area contributed by atoms with Gasteiger partial charge in [-0.3, -0.25) is 14.4 Å². The summed E-state index contributed by atoms with van der Waals surface area (Å²) in [6.45, 7) is 3.45. The Balaban J connectivity index is 1.20. The second-order valence-corrected chi connectivity index (χ2v) is 7.68. The number of aromatic nitrogens is 4. The minimum atomic E-state index is 0.206. The number of amides is 1. The lowest BCUT2D eigenvalue weighted by Crippen LogP contribution is -2.23. The molecule has 0 spiro atoms. The van der Waals surface area contributed by atoms with Crippen molar-refractivity contribution < 1.29 is 9.32 Å². The smallest absolute Gasteiger partial charge is 0.229 e. The van der Waals surface area contributed by atoms with Crippen molar-refractivity contribution in [1.29, 1.82) is 0 Å². The number of hydrogen-bond acceptors (Lipinski definition) is 6. The molecule has 1 atom stereocenters. The van der Waals surface area contributed by atoms with Gasteiger partial charge in [0.15, 0.2) is 5.82 Å². The first-order chi connectivity index (χ1) is 12.8. The minimum Gasteiger partial charge on any atom is -0.339 e. The van der Waals surface area contributed by atoms with Gasteiger partial charge in [0, 0.05) is 38.2 Å². The summed E-state index contributed by atoms with van der Waals surface area (Å²) in [5.41, 5.74) is 0.925. The molecule has 4 heterocycles. The number of carbonyl (C=O) groups excluding carboxylic acids is 1. The van der Waals surface area contributed by atoms with Gasteiger partial charge in [-0.05, 0) is 25.7 Å². The second kappa shape index (κ2) is 6.50. The first kappa shape index (κ1) is 16.0. The van der Waals surface area contributed by atoms with Crippen molar-refractivity contribution in [2.45, 2.75) is 57.0 Å². The fraction of sp³-hybridized carbons (Fsp3) is 0.667. The van der Waals surface area contributed by atoms with Crippen LogP contribution in [0.15, 0.2) is 16.9 Å². The van der Waals surface area contributed by atoms with E-state index in [4.69, 9.17) is 4.52 Å². The molecule has 3 fully saturated rings. The third-order valence-corrected chi connectivity index (χ3v) is 5.90. The van der Waals surface area contributed by atoms with Gasteiger partial charge >= 0.3 is 0 Å². The summed E-state index contributed by atoms with van der Waals surface area (Å²) >= 11 is 0. The Kier molecular flexibility index (Phi) is 4.00. The number of anilines is 1. The number of likely N-dealkylation sites (tertiary alicyclic amines) is 1. The lowest BCUT2D eigenvalue weighted by atomic mass is 9.85. The molecule has 2 aromatic rings. The van der Waals surface area contributed by atoms with Gasteiger partial charge in [0.2, 0.25) is 11.8 Å². The SMILES string of the molecule is O=C1CCCN1c1cnn(C2CCN(Cc3noc(C4CCC4)n3)C2)c1. The number of rotatable bonds is 5. The van der Waals surface area contributed by atoms with Gasteiger partial charge in [0.25, 0.3) is 0 Å². The van der Waals surface area contributed by atoms with Crippen molar-refractivity contribution in [3.63, 3.8) is 0 Å². The topological polar surface area (TPSA) is 80.3 Å². The molecule has 8 nitrogen and oxygen atoms in total. The van der Waals surface area contributed by atoms with Crippen molar-refractivity contribution in [2.75, 3.05) is 24.5 Å². The average Bonchev–Trinajstić information content (AvgIpc) is 3.33. The normalized spacial score (nSPS) is 24.5. The highest BCUT2D eigenvalue weighted by Gasteiger charge is 2.29. The first-order valence-electron chi connectivity index (χ1n) is 9.65. The predicted molar refractivity (Wildman–Crippen MR) is 93.6 cm³/mol. The maximum Gasteiger partial charge on any atom is 0.229 e. The lowest BCUT2D eigenvalue weighted by Gasteiger charge is -2.20. The zero-order valence-electron chi connectivity index (χ0n) is 14.9. The molecule has 138 valence electrons. The fourth-order valence-electron chi connectivity index (χ4n) is 4.11. The van der Waals surface area contributed by atoms with E-state index >= 15 is 0 Å². The third-order valence-electron chi connectivity index (χ3n) is 5.90. The average molecular weight is 356 g/mol. The second-order valence-electron chi connectivity index (χ2n) is 7.68. The van der Waals surface area contributed by atoms with E-state index in [-0.39, 0.29) is 5.91 Å². The van der Waals surface area contributed by atoms with Crippen LogP contribution in [0.3, 0.4) is 0 Å². The minimum absolute atomic E-state index is 0.206. The van der Waals surface area contributed by atoms with Gasteiger partial charge in [-0.1, -0.05) is 11.6 Å². The molecule has 0 aromatic carbocycles. The van der Waals surface area contributed by atoms with Crippen molar-refractivity contribution in [2.24, 2.45) is 0 Å². The summed E-state index contributed by atoms with van der Waals surface area (Å²) in [6, 6.07) is 0.333. The van der Waals surface area contributed by atoms with E-state index in [0.717, 1.165) is 56.4 Å². The Labute approximate surface area is 152 Å². The highest BCUT2D eigenvalue weighted by Crippen LogP contribution is 2.35. The molecule has 1 unspecified atom stereocenters. The zero-order chi connectivity index (χ0) is 17.5. The van der Waals surface area contributed by atoms with Crippen LogP contribution in [0.1, 0.15) is 62.2 Å². The molecule has 2 saturated heterocycles. The van der Waals surface area contributed by atoms with Crippen LogP contribution >= 0.6 is 0 Å². The maximum absolute atomic E-state index is 11.9. The Morgan fingerprint density at radius 1 is 1.19 bits per heavy atom. The van der Waals surface area contributed by atoms with Gasteiger partial charge in [0.05, 0.1) is 24.5 Å². The monoisotopic (exact) mass is 356 g/mol. The van der Waals surface area contributed by atoms with Gasteiger partial charge in [-0.25, -0.2) is 0 Å². The number of carbonyl (C=O) groups is 1. The van der Waals surface area contributed by atoms with E-state index in [1.165, 1.54) is 19.3 Å². The summed E-state index contributed by atoms with van der Waals surface area (Å²) in [5, 5.41) is 8.66. The molecule has 2 aromatic heterocycles. The highest BCUT2D eigenvalue weighted by molar-refractivity contribution is 5.95. The van der Waals surface area contributed by atoms with E-state index in [9.17, 15) is 4.79 Å². The summed E-state index contributed by atoms with van der Waals surface area (Å²) < 4.78 is 7.43. The lowest BCUT2D eigenvalue weighted by molar-refractivity contribution is -0.117. The molecule has 26 heavy (non-hydrogen) atoms. The fourth-order valence-corrected chi connectivity index (χ4v) is 4.11. The molecular weight excluding hydrogens is 332 g/mol. The molecule has 0 radical (unpaired) electrons. The number of hydrogen-bond donors (Lipinski definition) is 0. The van der Waals surface area contributed by atoms with E-state index in [0.29, 0.717) is 18.4 Å². The largest absolute Gasteiger partial charge is 0.339 e. The first-order valence-corrected chi connectivity index (χ1v) is 9.65. The van der Waals surface area contributed by atoms with Crippen LogP contribution in [0.4, 0.5) is 5.69 Å². The van der Waals surface area contributed by atoms with Crippen LogP contribution in [-0.4, -0.2) is 50.4 Å². The molecule has 1 saturated carbocycles. The molecule has 1 aliphatic carbocycles. The van der Waals surface area contributed by atoms with Crippen LogP contribution in [0.25, 0.3) is 0 Å². The van der Waals surface area contributed by atoms with Crippen molar-refractivity contribution >= 4 is 11.6 Å². The van der Waals surface area contributed by atoms with E-state index in [1.54, 1.807) is 0 Å². The summed E-state index contributed by atoms with van der Waals surface area (Å²) in [5.74, 6) is 2.29. The Hall–Kier alpha value is -2.22. The Morgan fingerprint density at radius 3 is 2.88 bits per heavy atom. The molecule has 3 aliphatic rings. The zero-order valence-corrected chi connectivity index (χ0v) is 14.9. The van der Waals surface area contributed by atoms with E-state index in [2.05, 4.69) is 20.1 Å². The molecule has 0 N–H and O–H groups in total. The van der Waals surface area contributed by atoms with Gasteiger partial charge < -0.3 is 9.42 Å². The Morgan fingerprint density at radius 2 is 2.12 bits per heavy atom. The maximum atomic E-state index is 11.9. The summed E-state index contributed by atoms with van der Waals surface area (Å²) in [6.07, 6.45) is 10.1. The molecule has 2 aliphatic heterocycles. The van der Waals surface area contributed by atoms with Crippen LogP contribution in [-0.2, 0) is 11.3 Å². The standard InChI is InChI=1S/C18H24N6O2/c25-17-5-2-7-23(17)15-9-19-24(11-15)14-6-8-22(10-14)12-16-20-18(26-21-16)13-3-1-4-13/h9,11,13-14H,1-8,10,12H2. The quantitative estimate of drug-likeness (QED) is 0.816. The van der Waals surface area contributed by atoms with Crippen LogP contribution < -0.4 is 4.90 Å². The van der Waals surface area contributed by atoms with Crippen LogP contribution in [0.5, 0.6) is 0 Å². The van der Waals surface area contributed by atoms with E-state index in [1.807, 2.05) is 22.0 Å². The summed E-state index contributed by atoms with van der Waals surface area (Å²) in [7, 11) is 0. The molecule has 1 amide bonds. The summed E-state index contributed by atoms with van der Waals surface area (Å²) in [4.78, 5) is 20.7. The third kappa shape index (κ3) is 2.92. The van der Waals surface area contributed by atoms with E-state index < -0.39 is 0 Å². The molecule has 8 heteroatoms.